The van der Waals surface area contributed by atoms with Crippen LogP contribution in [-0.2, 0) is 0 Å². The van der Waals surface area contributed by atoms with Gasteiger partial charge in [-0.05, 0) is 42.1 Å². The highest BCUT2D eigenvalue weighted by Gasteiger charge is 2.13. The van der Waals surface area contributed by atoms with Gasteiger partial charge < -0.3 is 4.98 Å². The standard InChI is InChI=1S/C14H8ClN3O3S/c15-9-3-1-8(2-4-9)13(19)22-14-16-11-6-5-10(18(20)21)7-12(11)17-14/h1-7H,(H,16,17). The number of non-ortho nitro benzene ring substituents is 1. The van der Waals surface area contributed by atoms with Crippen LogP contribution in [0.4, 0.5) is 5.69 Å². The van der Waals surface area contributed by atoms with Crippen molar-refractivity contribution in [3.05, 3.63) is 63.2 Å². The van der Waals surface area contributed by atoms with Crippen molar-refractivity contribution in [2.75, 3.05) is 0 Å². The van der Waals surface area contributed by atoms with E-state index in [1.807, 2.05) is 0 Å². The summed E-state index contributed by atoms with van der Waals surface area (Å²) in [5.41, 5.74) is 1.55. The Balaban J connectivity index is 1.86. The number of thioether (sulfide) groups is 1. The van der Waals surface area contributed by atoms with Gasteiger partial charge in [-0.2, -0.15) is 0 Å². The second-order valence-electron chi connectivity index (χ2n) is 4.40. The zero-order valence-corrected chi connectivity index (χ0v) is 12.5. The van der Waals surface area contributed by atoms with Crippen LogP contribution in [0.25, 0.3) is 11.0 Å². The molecule has 110 valence electrons. The Morgan fingerprint density at radius 3 is 2.64 bits per heavy atom. The second kappa shape index (κ2) is 5.78. The molecular weight excluding hydrogens is 326 g/mol. The van der Waals surface area contributed by atoms with Crippen LogP contribution in [0.2, 0.25) is 5.02 Å². The summed E-state index contributed by atoms with van der Waals surface area (Å²) in [6, 6.07) is 10.8. The minimum Gasteiger partial charge on any atom is -0.332 e. The molecule has 0 aliphatic heterocycles. The fraction of sp³-hybridized carbons (Fsp3) is 0. The molecule has 0 amide bonds. The van der Waals surface area contributed by atoms with Crippen molar-refractivity contribution in [2.45, 2.75) is 5.16 Å². The van der Waals surface area contributed by atoms with E-state index in [1.54, 1.807) is 30.3 Å². The van der Waals surface area contributed by atoms with Gasteiger partial charge >= 0.3 is 0 Å². The van der Waals surface area contributed by atoms with E-state index in [2.05, 4.69) is 9.97 Å². The minimum absolute atomic E-state index is 0.0308. The second-order valence-corrected chi connectivity index (χ2v) is 5.79. The predicted molar refractivity (Wildman–Crippen MR) is 84.4 cm³/mol. The third-order valence-electron chi connectivity index (χ3n) is 2.92. The third kappa shape index (κ3) is 2.95. The molecule has 0 bridgehead atoms. The number of rotatable bonds is 3. The molecule has 0 unspecified atom stereocenters. The number of aromatic amines is 1. The van der Waals surface area contributed by atoms with Crippen molar-refractivity contribution in [1.82, 2.24) is 9.97 Å². The average molecular weight is 334 g/mol. The van der Waals surface area contributed by atoms with Crippen LogP contribution < -0.4 is 0 Å². The van der Waals surface area contributed by atoms with E-state index in [9.17, 15) is 14.9 Å². The number of nitro benzene ring substituents is 1. The van der Waals surface area contributed by atoms with E-state index in [-0.39, 0.29) is 10.8 Å². The lowest BCUT2D eigenvalue weighted by molar-refractivity contribution is -0.384. The molecule has 1 aromatic heterocycles. The van der Waals surface area contributed by atoms with Gasteiger partial charge in [-0.25, -0.2) is 4.98 Å². The molecule has 2 aromatic carbocycles. The molecule has 0 fully saturated rings. The Morgan fingerprint density at radius 2 is 1.95 bits per heavy atom. The molecule has 3 rings (SSSR count). The number of aromatic nitrogens is 2. The number of H-pyrrole nitrogens is 1. The number of nitrogens with zero attached hydrogens (tertiary/aromatic N) is 2. The minimum atomic E-state index is -0.480. The summed E-state index contributed by atoms with van der Waals surface area (Å²) in [6.07, 6.45) is 0. The SMILES string of the molecule is O=C(Sc1nc2ccc([N+](=O)[O-])cc2[nH]1)c1ccc(Cl)cc1. The topological polar surface area (TPSA) is 88.9 Å². The number of carbonyl (C=O) groups is 1. The number of nitrogens with one attached hydrogen (secondary N) is 1. The Kier molecular flexibility index (Phi) is 3.82. The molecule has 0 aliphatic rings. The maximum absolute atomic E-state index is 12.1. The van der Waals surface area contributed by atoms with Crippen LogP contribution in [0.1, 0.15) is 10.4 Å². The van der Waals surface area contributed by atoms with E-state index in [4.69, 9.17) is 11.6 Å². The van der Waals surface area contributed by atoms with Crippen molar-refractivity contribution < 1.29 is 9.72 Å². The maximum atomic E-state index is 12.1. The van der Waals surface area contributed by atoms with E-state index < -0.39 is 4.92 Å². The highest BCUT2D eigenvalue weighted by atomic mass is 35.5. The largest absolute Gasteiger partial charge is 0.332 e. The number of nitro groups is 1. The first-order valence-corrected chi connectivity index (χ1v) is 7.34. The van der Waals surface area contributed by atoms with Crippen LogP contribution in [-0.4, -0.2) is 20.0 Å². The number of halogens is 1. The first kappa shape index (κ1) is 14.6. The van der Waals surface area contributed by atoms with Gasteiger partial charge in [0.1, 0.15) is 0 Å². The van der Waals surface area contributed by atoms with Gasteiger partial charge in [-0.3, -0.25) is 14.9 Å². The number of benzene rings is 2. The molecule has 0 aliphatic carbocycles. The van der Waals surface area contributed by atoms with Crippen molar-refractivity contribution in [1.29, 1.82) is 0 Å². The molecule has 0 radical (unpaired) electrons. The Labute approximate surface area is 133 Å². The number of fused-ring (bicyclic) bond motifs is 1. The highest BCUT2D eigenvalue weighted by Crippen LogP contribution is 2.25. The quantitative estimate of drug-likeness (QED) is 0.443. The smallest absolute Gasteiger partial charge is 0.271 e. The summed E-state index contributed by atoms with van der Waals surface area (Å²) in [6.45, 7) is 0. The monoisotopic (exact) mass is 333 g/mol. The zero-order valence-electron chi connectivity index (χ0n) is 10.9. The first-order chi connectivity index (χ1) is 10.5. The lowest BCUT2D eigenvalue weighted by atomic mass is 10.2. The summed E-state index contributed by atoms with van der Waals surface area (Å²) in [5.74, 6) is 0. The van der Waals surface area contributed by atoms with Gasteiger partial charge in [0.2, 0.25) is 5.12 Å². The summed E-state index contributed by atoms with van der Waals surface area (Å²) < 4.78 is 0. The number of carbonyl (C=O) groups excluding carboxylic acids is 1. The van der Waals surface area contributed by atoms with Gasteiger partial charge in [0.25, 0.3) is 5.69 Å². The molecule has 22 heavy (non-hydrogen) atoms. The Hall–Kier alpha value is -2.38. The van der Waals surface area contributed by atoms with Crippen LogP contribution in [0.3, 0.4) is 0 Å². The summed E-state index contributed by atoms with van der Waals surface area (Å²) in [5, 5.41) is 11.5. The molecule has 6 nitrogen and oxygen atoms in total. The van der Waals surface area contributed by atoms with Crippen LogP contribution >= 0.6 is 23.4 Å². The molecule has 0 saturated heterocycles. The van der Waals surface area contributed by atoms with Crippen molar-refractivity contribution in [3.63, 3.8) is 0 Å². The molecule has 8 heteroatoms. The Bertz CT molecular complexity index is 877. The van der Waals surface area contributed by atoms with Gasteiger partial charge in [0.05, 0.1) is 16.0 Å². The van der Waals surface area contributed by atoms with E-state index in [1.165, 1.54) is 12.1 Å². The van der Waals surface area contributed by atoms with Crippen LogP contribution in [0.5, 0.6) is 0 Å². The van der Waals surface area contributed by atoms with E-state index in [0.717, 1.165) is 11.8 Å². The van der Waals surface area contributed by atoms with E-state index >= 15 is 0 Å². The van der Waals surface area contributed by atoms with Gasteiger partial charge in [-0.1, -0.05) is 11.6 Å². The zero-order chi connectivity index (χ0) is 15.7. The molecule has 0 saturated carbocycles. The molecule has 1 heterocycles. The first-order valence-electron chi connectivity index (χ1n) is 6.15. The molecule has 1 N–H and O–H groups in total. The normalized spacial score (nSPS) is 10.8. The average Bonchev–Trinajstić information content (AvgIpc) is 2.88. The maximum Gasteiger partial charge on any atom is 0.271 e. The molecule has 0 atom stereocenters. The van der Waals surface area contributed by atoms with Gasteiger partial charge in [0, 0.05) is 22.7 Å². The number of hydrogen-bond donors (Lipinski definition) is 1. The summed E-state index contributed by atoms with van der Waals surface area (Å²) in [4.78, 5) is 29.5. The van der Waals surface area contributed by atoms with Gasteiger partial charge in [-0.15, -0.1) is 0 Å². The fourth-order valence-corrected chi connectivity index (χ4v) is 2.73. The Morgan fingerprint density at radius 1 is 1.23 bits per heavy atom. The van der Waals surface area contributed by atoms with Gasteiger partial charge in [0.15, 0.2) is 5.16 Å². The third-order valence-corrected chi connectivity index (χ3v) is 3.98. The van der Waals surface area contributed by atoms with Crippen molar-refractivity contribution in [2.24, 2.45) is 0 Å². The van der Waals surface area contributed by atoms with Crippen LogP contribution in [0.15, 0.2) is 47.6 Å². The summed E-state index contributed by atoms with van der Waals surface area (Å²) in [7, 11) is 0. The van der Waals surface area contributed by atoms with E-state index in [0.29, 0.717) is 26.8 Å². The molecule has 0 spiro atoms. The van der Waals surface area contributed by atoms with Crippen LogP contribution in [0, 0.1) is 10.1 Å². The predicted octanol–water partition coefficient (Wildman–Crippen LogP) is 4.06. The molecular formula is C14H8ClN3O3S. The fourth-order valence-electron chi connectivity index (χ4n) is 1.87. The number of hydrogen-bond acceptors (Lipinski definition) is 5. The lowest BCUT2D eigenvalue weighted by Gasteiger charge is -1.97. The lowest BCUT2D eigenvalue weighted by Crippen LogP contribution is -1.93. The summed E-state index contributed by atoms with van der Waals surface area (Å²) >= 11 is 6.70. The molecule has 3 aromatic rings. The van der Waals surface area contributed by atoms with Crippen molar-refractivity contribution >= 4 is 45.2 Å². The highest BCUT2D eigenvalue weighted by molar-refractivity contribution is 8.14. The van der Waals surface area contributed by atoms with Crippen molar-refractivity contribution in [3.8, 4) is 0 Å². The number of imidazole rings is 1.